The molecule has 0 saturated carbocycles. The molecule has 4 heteroatoms. The van der Waals surface area contributed by atoms with Gasteiger partial charge in [-0.05, 0) is 47.3 Å². The molecule has 0 spiro atoms. The SMILES string of the molecule is Cc1cc(N(C)C2CCOCC2)ncc1Br. The predicted molar refractivity (Wildman–Crippen MR) is 68.9 cm³/mol. The summed E-state index contributed by atoms with van der Waals surface area (Å²) >= 11 is 3.47. The van der Waals surface area contributed by atoms with Crippen molar-refractivity contribution in [2.24, 2.45) is 0 Å². The molecular formula is C12H17BrN2O. The van der Waals surface area contributed by atoms with Crippen LogP contribution in [0.3, 0.4) is 0 Å². The molecule has 2 heterocycles. The second-order valence-electron chi connectivity index (χ2n) is 4.25. The summed E-state index contributed by atoms with van der Waals surface area (Å²) in [6.07, 6.45) is 4.06. The lowest BCUT2D eigenvalue weighted by atomic mass is 10.1. The zero-order valence-electron chi connectivity index (χ0n) is 9.74. The first kappa shape index (κ1) is 11.9. The molecule has 0 radical (unpaired) electrons. The Labute approximate surface area is 105 Å². The first-order chi connectivity index (χ1) is 7.68. The Hall–Kier alpha value is -0.610. The van der Waals surface area contributed by atoms with Gasteiger partial charge in [0.2, 0.25) is 0 Å². The minimum Gasteiger partial charge on any atom is -0.381 e. The van der Waals surface area contributed by atoms with E-state index in [1.807, 2.05) is 6.20 Å². The van der Waals surface area contributed by atoms with Crippen molar-refractivity contribution in [1.82, 2.24) is 4.98 Å². The highest BCUT2D eigenvalue weighted by Gasteiger charge is 2.19. The molecule has 1 fully saturated rings. The summed E-state index contributed by atoms with van der Waals surface area (Å²) in [6.45, 7) is 3.82. The number of aromatic nitrogens is 1. The number of hydrogen-bond donors (Lipinski definition) is 0. The quantitative estimate of drug-likeness (QED) is 0.835. The van der Waals surface area contributed by atoms with Crippen molar-refractivity contribution >= 4 is 21.7 Å². The van der Waals surface area contributed by atoms with Crippen LogP contribution in [0.5, 0.6) is 0 Å². The molecule has 1 aliphatic rings. The molecule has 2 rings (SSSR count). The topological polar surface area (TPSA) is 25.4 Å². The average Bonchev–Trinajstić information content (AvgIpc) is 2.33. The first-order valence-electron chi connectivity index (χ1n) is 5.61. The van der Waals surface area contributed by atoms with Gasteiger partial charge in [-0.25, -0.2) is 4.98 Å². The van der Waals surface area contributed by atoms with Crippen molar-refractivity contribution < 1.29 is 4.74 Å². The van der Waals surface area contributed by atoms with Gasteiger partial charge in [-0.1, -0.05) is 0 Å². The van der Waals surface area contributed by atoms with E-state index in [4.69, 9.17) is 4.74 Å². The lowest BCUT2D eigenvalue weighted by Gasteiger charge is -2.32. The largest absolute Gasteiger partial charge is 0.381 e. The molecule has 3 nitrogen and oxygen atoms in total. The van der Waals surface area contributed by atoms with Gasteiger partial charge >= 0.3 is 0 Å². The Morgan fingerprint density at radius 3 is 2.75 bits per heavy atom. The van der Waals surface area contributed by atoms with Crippen LogP contribution in [0.2, 0.25) is 0 Å². The number of hydrogen-bond acceptors (Lipinski definition) is 3. The normalized spacial score (nSPS) is 17.4. The van der Waals surface area contributed by atoms with E-state index >= 15 is 0 Å². The van der Waals surface area contributed by atoms with Gasteiger partial charge in [0.05, 0.1) is 0 Å². The van der Waals surface area contributed by atoms with Gasteiger partial charge in [-0.15, -0.1) is 0 Å². The Bertz CT molecular complexity index is 364. The summed E-state index contributed by atoms with van der Waals surface area (Å²) in [4.78, 5) is 6.72. The molecule has 0 aliphatic carbocycles. The van der Waals surface area contributed by atoms with Gasteiger partial charge in [0.1, 0.15) is 5.82 Å². The second kappa shape index (κ2) is 5.15. The molecule has 0 amide bonds. The highest BCUT2D eigenvalue weighted by molar-refractivity contribution is 9.10. The molecule has 0 aromatic carbocycles. The molecule has 88 valence electrons. The zero-order valence-corrected chi connectivity index (χ0v) is 11.3. The van der Waals surface area contributed by atoms with E-state index in [1.165, 1.54) is 5.56 Å². The van der Waals surface area contributed by atoms with Crippen molar-refractivity contribution in [1.29, 1.82) is 0 Å². The molecule has 0 atom stereocenters. The molecule has 0 unspecified atom stereocenters. The van der Waals surface area contributed by atoms with E-state index in [0.29, 0.717) is 6.04 Å². The Kier molecular flexibility index (Phi) is 3.82. The number of ether oxygens (including phenoxy) is 1. The Morgan fingerprint density at radius 2 is 2.12 bits per heavy atom. The lowest BCUT2D eigenvalue weighted by molar-refractivity contribution is 0.0853. The predicted octanol–water partition coefficient (Wildman–Crippen LogP) is 2.77. The van der Waals surface area contributed by atoms with Gasteiger partial charge < -0.3 is 9.64 Å². The fourth-order valence-electron chi connectivity index (χ4n) is 1.98. The van der Waals surface area contributed by atoms with Crippen LogP contribution in [0.15, 0.2) is 16.7 Å². The van der Waals surface area contributed by atoms with Crippen molar-refractivity contribution in [3.05, 3.63) is 22.3 Å². The summed E-state index contributed by atoms with van der Waals surface area (Å²) in [5.41, 5.74) is 1.23. The van der Waals surface area contributed by atoms with Crippen molar-refractivity contribution in [2.75, 3.05) is 25.2 Å². The number of pyridine rings is 1. The van der Waals surface area contributed by atoms with Crippen LogP contribution in [-0.2, 0) is 4.74 Å². The monoisotopic (exact) mass is 284 g/mol. The summed E-state index contributed by atoms with van der Waals surface area (Å²) in [5, 5.41) is 0. The third-order valence-corrected chi connectivity index (χ3v) is 3.96. The first-order valence-corrected chi connectivity index (χ1v) is 6.40. The van der Waals surface area contributed by atoms with Gasteiger partial charge in [0.15, 0.2) is 0 Å². The van der Waals surface area contributed by atoms with Crippen LogP contribution >= 0.6 is 15.9 Å². The number of anilines is 1. The van der Waals surface area contributed by atoms with Crippen molar-refractivity contribution in [3.63, 3.8) is 0 Å². The molecule has 0 bridgehead atoms. The zero-order chi connectivity index (χ0) is 11.5. The third kappa shape index (κ3) is 2.55. The molecular weight excluding hydrogens is 268 g/mol. The minimum atomic E-state index is 0.557. The van der Waals surface area contributed by atoms with Crippen LogP contribution in [-0.4, -0.2) is 31.3 Å². The maximum Gasteiger partial charge on any atom is 0.128 e. The summed E-state index contributed by atoms with van der Waals surface area (Å²) < 4.78 is 6.44. The molecule has 16 heavy (non-hydrogen) atoms. The molecule has 1 aromatic rings. The fourth-order valence-corrected chi connectivity index (χ4v) is 2.19. The van der Waals surface area contributed by atoms with E-state index in [1.54, 1.807) is 0 Å². The van der Waals surface area contributed by atoms with Gasteiger partial charge in [0, 0.05) is 37.0 Å². The lowest BCUT2D eigenvalue weighted by Crippen LogP contribution is -2.37. The highest BCUT2D eigenvalue weighted by Crippen LogP contribution is 2.23. The van der Waals surface area contributed by atoms with Crippen LogP contribution in [0, 0.1) is 6.92 Å². The maximum atomic E-state index is 5.37. The van der Waals surface area contributed by atoms with Gasteiger partial charge in [0.25, 0.3) is 0 Å². The molecule has 1 saturated heterocycles. The van der Waals surface area contributed by atoms with Gasteiger partial charge in [-0.2, -0.15) is 0 Å². The summed E-state index contributed by atoms with van der Waals surface area (Å²) in [7, 11) is 2.12. The Balaban J connectivity index is 2.12. The highest BCUT2D eigenvalue weighted by atomic mass is 79.9. The number of aryl methyl sites for hydroxylation is 1. The van der Waals surface area contributed by atoms with E-state index in [-0.39, 0.29) is 0 Å². The van der Waals surface area contributed by atoms with Crippen LogP contribution in [0.4, 0.5) is 5.82 Å². The number of nitrogens with zero attached hydrogens (tertiary/aromatic N) is 2. The van der Waals surface area contributed by atoms with Crippen molar-refractivity contribution in [3.8, 4) is 0 Å². The van der Waals surface area contributed by atoms with Gasteiger partial charge in [-0.3, -0.25) is 0 Å². The fraction of sp³-hybridized carbons (Fsp3) is 0.583. The van der Waals surface area contributed by atoms with Crippen LogP contribution < -0.4 is 4.90 Å². The van der Waals surface area contributed by atoms with E-state index in [0.717, 1.165) is 36.3 Å². The molecule has 0 N–H and O–H groups in total. The van der Waals surface area contributed by atoms with Crippen LogP contribution in [0.1, 0.15) is 18.4 Å². The smallest absolute Gasteiger partial charge is 0.128 e. The Morgan fingerprint density at radius 1 is 1.44 bits per heavy atom. The van der Waals surface area contributed by atoms with Crippen LogP contribution in [0.25, 0.3) is 0 Å². The summed E-state index contributed by atoms with van der Waals surface area (Å²) in [5.74, 6) is 1.05. The standard InChI is InChI=1S/C12H17BrN2O/c1-9-7-12(14-8-11(9)13)15(2)10-3-5-16-6-4-10/h7-8,10H,3-6H2,1-2H3. The third-order valence-electron chi connectivity index (χ3n) is 3.13. The number of halogens is 1. The molecule has 1 aromatic heterocycles. The van der Waals surface area contributed by atoms with E-state index in [9.17, 15) is 0 Å². The average molecular weight is 285 g/mol. The van der Waals surface area contributed by atoms with Crippen molar-refractivity contribution in [2.45, 2.75) is 25.8 Å². The van der Waals surface area contributed by atoms with E-state index < -0.39 is 0 Å². The second-order valence-corrected chi connectivity index (χ2v) is 5.10. The number of rotatable bonds is 2. The van der Waals surface area contributed by atoms with E-state index in [2.05, 4.69) is 45.9 Å². The molecule has 1 aliphatic heterocycles. The maximum absolute atomic E-state index is 5.37. The summed E-state index contributed by atoms with van der Waals surface area (Å²) in [6, 6.07) is 2.68. The minimum absolute atomic E-state index is 0.557.